The van der Waals surface area contributed by atoms with Gasteiger partial charge in [-0.3, -0.25) is 9.69 Å². The third kappa shape index (κ3) is 3.94. The Balaban J connectivity index is 1.50. The van der Waals surface area contributed by atoms with E-state index in [1.807, 2.05) is 12.1 Å². The van der Waals surface area contributed by atoms with E-state index in [1.54, 1.807) is 11.2 Å². The van der Waals surface area contributed by atoms with Crippen molar-refractivity contribution in [3.63, 3.8) is 0 Å². The summed E-state index contributed by atoms with van der Waals surface area (Å²) in [5, 5.41) is 19.5. The van der Waals surface area contributed by atoms with Crippen LogP contribution in [0.15, 0.2) is 22.8 Å². The molecule has 23 heavy (non-hydrogen) atoms. The van der Waals surface area contributed by atoms with E-state index >= 15 is 0 Å². The fraction of sp³-hybridized carbons (Fsp3) is 0.706. The summed E-state index contributed by atoms with van der Waals surface area (Å²) >= 11 is 0. The smallest absolute Gasteiger partial charge is 0.225 e. The highest BCUT2D eigenvalue weighted by molar-refractivity contribution is 5.79. The fourth-order valence-electron chi connectivity index (χ4n) is 3.65. The number of aliphatic hydroxyl groups excluding tert-OH is 1. The lowest BCUT2D eigenvalue weighted by atomic mass is 9.90. The average Bonchev–Trinajstić information content (AvgIpc) is 3.08. The van der Waals surface area contributed by atoms with E-state index in [1.165, 1.54) is 0 Å². The maximum atomic E-state index is 12.7. The summed E-state index contributed by atoms with van der Waals surface area (Å²) < 4.78 is 5.37. The molecule has 2 aliphatic rings. The molecule has 0 aromatic carbocycles. The van der Waals surface area contributed by atoms with E-state index in [0.29, 0.717) is 13.0 Å². The Labute approximate surface area is 136 Å². The molecule has 3 rings (SSSR count). The van der Waals surface area contributed by atoms with E-state index in [9.17, 15) is 15.0 Å². The molecule has 128 valence electrons. The molecule has 2 N–H and O–H groups in total. The van der Waals surface area contributed by atoms with Gasteiger partial charge in [0.1, 0.15) is 11.4 Å². The van der Waals surface area contributed by atoms with Crippen LogP contribution in [0.5, 0.6) is 0 Å². The van der Waals surface area contributed by atoms with Crippen molar-refractivity contribution in [1.82, 2.24) is 9.80 Å². The predicted molar refractivity (Wildman–Crippen MR) is 84.6 cm³/mol. The summed E-state index contributed by atoms with van der Waals surface area (Å²) in [7, 11) is 0. The number of hydrogen-bond donors (Lipinski definition) is 2. The Kier molecular flexibility index (Phi) is 5.04. The van der Waals surface area contributed by atoms with Gasteiger partial charge in [0.25, 0.3) is 0 Å². The van der Waals surface area contributed by atoms with Crippen LogP contribution in [0.2, 0.25) is 0 Å². The summed E-state index contributed by atoms with van der Waals surface area (Å²) in [6.45, 7) is 3.23. The number of piperidine rings is 2. The lowest BCUT2D eigenvalue weighted by Gasteiger charge is -2.40. The minimum absolute atomic E-state index is 0.0314. The number of aliphatic hydroxyl groups is 2. The fourth-order valence-corrected chi connectivity index (χ4v) is 3.65. The molecule has 0 bridgehead atoms. The lowest BCUT2D eigenvalue weighted by Crippen LogP contribution is -2.54. The number of rotatable bonds is 4. The Hall–Kier alpha value is -1.37. The summed E-state index contributed by atoms with van der Waals surface area (Å²) in [6, 6.07) is 3.87. The van der Waals surface area contributed by atoms with Gasteiger partial charge in [-0.15, -0.1) is 0 Å². The predicted octanol–water partition coefficient (Wildman–Crippen LogP) is 0.837. The molecule has 1 amide bonds. The van der Waals surface area contributed by atoms with Crippen molar-refractivity contribution in [1.29, 1.82) is 0 Å². The molecule has 3 heterocycles. The van der Waals surface area contributed by atoms with Crippen molar-refractivity contribution in [3.05, 3.63) is 24.2 Å². The number of carbonyl (C=O) groups is 1. The van der Waals surface area contributed by atoms with Gasteiger partial charge in [0.15, 0.2) is 0 Å². The highest BCUT2D eigenvalue weighted by atomic mass is 16.3. The van der Waals surface area contributed by atoms with Gasteiger partial charge < -0.3 is 19.5 Å². The van der Waals surface area contributed by atoms with Crippen LogP contribution in [0.1, 0.15) is 31.4 Å². The number of amides is 1. The van der Waals surface area contributed by atoms with Crippen LogP contribution in [0.3, 0.4) is 0 Å². The van der Waals surface area contributed by atoms with E-state index in [4.69, 9.17) is 4.42 Å². The Morgan fingerprint density at radius 1 is 1.35 bits per heavy atom. The van der Waals surface area contributed by atoms with E-state index in [0.717, 1.165) is 44.7 Å². The van der Waals surface area contributed by atoms with Gasteiger partial charge in [0.2, 0.25) is 5.91 Å². The van der Waals surface area contributed by atoms with Crippen LogP contribution >= 0.6 is 0 Å². The molecule has 2 aliphatic heterocycles. The van der Waals surface area contributed by atoms with Gasteiger partial charge in [-0.25, -0.2) is 0 Å². The summed E-state index contributed by atoms with van der Waals surface area (Å²) in [6.07, 6.45) is 4.68. The number of hydrogen-bond acceptors (Lipinski definition) is 5. The van der Waals surface area contributed by atoms with Crippen LogP contribution in [0.25, 0.3) is 0 Å². The number of carbonyl (C=O) groups excluding carboxylic acids is 1. The Morgan fingerprint density at radius 2 is 2.13 bits per heavy atom. The number of furan rings is 1. The van der Waals surface area contributed by atoms with Crippen LogP contribution in [-0.2, 0) is 11.3 Å². The zero-order chi connectivity index (χ0) is 16.3. The van der Waals surface area contributed by atoms with Gasteiger partial charge >= 0.3 is 0 Å². The molecule has 1 aromatic rings. The first-order chi connectivity index (χ1) is 11.1. The van der Waals surface area contributed by atoms with Crippen LogP contribution in [-0.4, -0.2) is 64.3 Å². The van der Waals surface area contributed by atoms with Crippen LogP contribution in [0, 0.1) is 5.92 Å². The van der Waals surface area contributed by atoms with Crippen molar-refractivity contribution in [2.24, 2.45) is 5.92 Å². The minimum atomic E-state index is -1.12. The van der Waals surface area contributed by atoms with Crippen LogP contribution < -0.4 is 0 Å². The number of β-amino-alcohol motifs (C(OH)–C–C–N with tert-alkyl or cyclic N) is 1. The Bertz CT molecular complexity index is 511. The minimum Gasteiger partial charge on any atom is -0.468 e. The molecule has 2 fully saturated rings. The zero-order valence-corrected chi connectivity index (χ0v) is 13.5. The van der Waals surface area contributed by atoms with Crippen molar-refractivity contribution in [2.75, 3.05) is 32.8 Å². The van der Waals surface area contributed by atoms with Gasteiger partial charge in [-0.2, -0.15) is 0 Å². The second kappa shape index (κ2) is 7.03. The topological polar surface area (TPSA) is 77.2 Å². The molecular formula is C17H26N2O4. The molecule has 0 saturated carbocycles. The van der Waals surface area contributed by atoms with E-state index in [-0.39, 0.29) is 25.0 Å². The molecule has 1 atom stereocenters. The quantitative estimate of drug-likeness (QED) is 0.859. The van der Waals surface area contributed by atoms with Gasteiger partial charge in [-0.05, 0) is 50.9 Å². The first-order valence-corrected chi connectivity index (χ1v) is 8.46. The second-order valence-electron chi connectivity index (χ2n) is 6.88. The molecule has 6 heteroatoms. The maximum Gasteiger partial charge on any atom is 0.225 e. The monoisotopic (exact) mass is 322 g/mol. The maximum absolute atomic E-state index is 12.7. The van der Waals surface area contributed by atoms with Gasteiger partial charge in [-0.1, -0.05) is 0 Å². The second-order valence-corrected chi connectivity index (χ2v) is 6.88. The first-order valence-electron chi connectivity index (χ1n) is 8.46. The first kappa shape index (κ1) is 16.5. The zero-order valence-electron chi connectivity index (χ0n) is 13.5. The third-order valence-corrected chi connectivity index (χ3v) is 5.06. The highest BCUT2D eigenvalue weighted by Crippen LogP contribution is 2.26. The van der Waals surface area contributed by atoms with Gasteiger partial charge in [0.05, 0.1) is 26.0 Å². The molecule has 2 saturated heterocycles. The standard InChI is InChI=1S/C17H26N2O4/c20-13-17(22)6-2-7-19(12-17)16(21)14-4-8-18(9-5-14)11-15-3-1-10-23-15/h1,3,10,14,20,22H,2,4-9,11-13H2. The Morgan fingerprint density at radius 3 is 2.78 bits per heavy atom. The molecule has 0 spiro atoms. The molecule has 6 nitrogen and oxygen atoms in total. The van der Waals surface area contributed by atoms with E-state index < -0.39 is 5.60 Å². The molecule has 0 aliphatic carbocycles. The summed E-state index contributed by atoms with van der Waals surface area (Å²) in [5.41, 5.74) is -1.12. The highest BCUT2D eigenvalue weighted by Gasteiger charge is 2.37. The number of nitrogens with zero attached hydrogens (tertiary/aromatic N) is 2. The van der Waals surface area contributed by atoms with Crippen LogP contribution in [0.4, 0.5) is 0 Å². The SMILES string of the molecule is O=C(C1CCN(Cc2ccco2)CC1)N1CCCC(O)(CO)C1. The largest absolute Gasteiger partial charge is 0.468 e. The summed E-state index contributed by atoms with van der Waals surface area (Å²) in [4.78, 5) is 16.7. The van der Waals surface area contributed by atoms with Gasteiger partial charge in [0, 0.05) is 12.5 Å². The van der Waals surface area contributed by atoms with E-state index in [2.05, 4.69) is 4.90 Å². The third-order valence-electron chi connectivity index (χ3n) is 5.06. The average molecular weight is 322 g/mol. The van der Waals surface area contributed by atoms with Crippen molar-refractivity contribution >= 4 is 5.91 Å². The normalized spacial score (nSPS) is 27.3. The summed E-state index contributed by atoms with van der Waals surface area (Å²) in [5.74, 6) is 1.12. The number of likely N-dealkylation sites (tertiary alicyclic amines) is 2. The lowest BCUT2D eigenvalue weighted by molar-refractivity contribution is -0.146. The van der Waals surface area contributed by atoms with Crippen molar-refractivity contribution in [2.45, 2.75) is 37.8 Å². The van der Waals surface area contributed by atoms with Crippen molar-refractivity contribution in [3.8, 4) is 0 Å². The molecule has 0 radical (unpaired) electrons. The molecule has 1 unspecified atom stereocenters. The molecule has 1 aromatic heterocycles. The molecular weight excluding hydrogens is 296 g/mol. The van der Waals surface area contributed by atoms with Crippen molar-refractivity contribution < 1.29 is 19.4 Å².